The predicted octanol–water partition coefficient (Wildman–Crippen LogP) is 3.14. The first kappa shape index (κ1) is 18.8. The summed E-state index contributed by atoms with van der Waals surface area (Å²) in [7, 11) is 0. The number of thiocarbonyl (C=S) groups is 1. The van der Waals surface area contributed by atoms with Crippen molar-refractivity contribution in [2.24, 2.45) is 0 Å². The fourth-order valence-electron chi connectivity index (χ4n) is 2.13. The van der Waals surface area contributed by atoms with E-state index in [0.29, 0.717) is 29.0 Å². The van der Waals surface area contributed by atoms with E-state index in [1.165, 1.54) is 12.1 Å². The van der Waals surface area contributed by atoms with Crippen molar-refractivity contribution in [3.05, 3.63) is 40.3 Å². The lowest BCUT2D eigenvalue weighted by Crippen LogP contribution is -2.43. The fraction of sp³-hybridized carbons (Fsp3) is 0.438. The quantitative estimate of drug-likeness (QED) is 0.455. The lowest BCUT2D eigenvalue weighted by atomic mass is 10.2. The molecule has 1 N–H and O–H groups in total. The second-order valence-corrected chi connectivity index (χ2v) is 6.15. The van der Waals surface area contributed by atoms with E-state index in [0.717, 1.165) is 13.0 Å². The molecule has 0 radical (unpaired) electrons. The van der Waals surface area contributed by atoms with Crippen LogP contribution >= 0.6 is 12.2 Å². The topological polar surface area (TPSA) is 97.3 Å². The van der Waals surface area contributed by atoms with Gasteiger partial charge in [-0.1, -0.05) is 6.92 Å². The van der Waals surface area contributed by atoms with Gasteiger partial charge in [-0.25, -0.2) is 0 Å². The zero-order valence-corrected chi connectivity index (χ0v) is 15.2. The van der Waals surface area contributed by atoms with Gasteiger partial charge in [0, 0.05) is 30.3 Å². The highest BCUT2D eigenvalue weighted by Crippen LogP contribution is 2.21. The number of hydrogen-bond donors (Lipinski definition) is 1. The van der Waals surface area contributed by atoms with Crippen molar-refractivity contribution >= 4 is 23.0 Å². The molecular weight excluding hydrogens is 342 g/mol. The van der Waals surface area contributed by atoms with E-state index in [4.69, 9.17) is 16.6 Å². The van der Waals surface area contributed by atoms with Gasteiger partial charge in [-0.2, -0.15) is 0 Å². The summed E-state index contributed by atoms with van der Waals surface area (Å²) < 4.78 is 5.68. The molecule has 9 heteroatoms. The van der Waals surface area contributed by atoms with Crippen LogP contribution in [-0.2, 0) is 6.54 Å². The van der Waals surface area contributed by atoms with Gasteiger partial charge in [0.15, 0.2) is 5.11 Å². The van der Waals surface area contributed by atoms with E-state index in [2.05, 4.69) is 22.4 Å². The van der Waals surface area contributed by atoms with E-state index >= 15 is 0 Å². The van der Waals surface area contributed by atoms with Crippen LogP contribution in [0.2, 0.25) is 0 Å². The van der Waals surface area contributed by atoms with Crippen molar-refractivity contribution in [1.82, 2.24) is 20.4 Å². The molecular formula is C16H21N5O3S. The highest BCUT2D eigenvalue weighted by molar-refractivity contribution is 7.80. The third-order valence-electron chi connectivity index (χ3n) is 3.51. The average Bonchev–Trinajstić information content (AvgIpc) is 3.06. The van der Waals surface area contributed by atoms with E-state index in [1.54, 1.807) is 12.1 Å². The monoisotopic (exact) mass is 363 g/mol. The lowest BCUT2D eigenvalue weighted by Gasteiger charge is -2.28. The van der Waals surface area contributed by atoms with Crippen molar-refractivity contribution in [3.8, 4) is 11.5 Å². The van der Waals surface area contributed by atoms with E-state index in [1.807, 2.05) is 18.7 Å². The number of non-ortho nitro benzene ring substituents is 1. The Morgan fingerprint density at radius 3 is 2.60 bits per heavy atom. The van der Waals surface area contributed by atoms with Gasteiger partial charge < -0.3 is 14.6 Å². The van der Waals surface area contributed by atoms with Gasteiger partial charge in [0.05, 0.1) is 11.5 Å². The predicted molar refractivity (Wildman–Crippen MR) is 98.0 cm³/mol. The summed E-state index contributed by atoms with van der Waals surface area (Å²) in [4.78, 5) is 12.2. The number of nitro groups is 1. The highest BCUT2D eigenvalue weighted by Gasteiger charge is 2.18. The van der Waals surface area contributed by atoms with Crippen LogP contribution in [0, 0.1) is 10.1 Å². The van der Waals surface area contributed by atoms with Crippen molar-refractivity contribution in [1.29, 1.82) is 0 Å². The number of benzene rings is 1. The van der Waals surface area contributed by atoms with Crippen LogP contribution in [0.1, 0.15) is 33.1 Å². The Bertz CT molecular complexity index is 730. The van der Waals surface area contributed by atoms with Crippen LogP contribution in [0.15, 0.2) is 28.7 Å². The summed E-state index contributed by atoms with van der Waals surface area (Å²) in [6.07, 6.45) is 0.983. The second kappa shape index (κ2) is 8.52. The molecule has 2 rings (SSSR count). The molecule has 1 heterocycles. The van der Waals surface area contributed by atoms with Crippen LogP contribution in [0.4, 0.5) is 5.69 Å². The first-order valence-corrected chi connectivity index (χ1v) is 8.44. The normalized spacial score (nSPS) is 10.7. The molecule has 0 atom stereocenters. The molecule has 1 aromatic carbocycles. The molecule has 0 fully saturated rings. The number of aromatic nitrogens is 2. The van der Waals surface area contributed by atoms with Crippen molar-refractivity contribution in [3.63, 3.8) is 0 Å². The van der Waals surface area contributed by atoms with Crippen molar-refractivity contribution < 1.29 is 9.34 Å². The summed E-state index contributed by atoms with van der Waals surface area (Å²) in [5.41, 5.74) is 0.647. The Morgan fingerprint density at radius 2 is 2.04 bits per heavy atom. The molecule has 25 heavy (non-hydrogen) atoms. The molecule has 0 amide bonds. The second-order valence-electron chi connectivity index (χ2n) is 5.76. The Morgan fingerprint density at radius 1 is 1.36 bits per heavy atom. The van der Waals surface area contributed by atoms with Gasteiger partial charge in [-0.15, -0.1) is 10.2 Å². The first-order chi connectivity index (χ1) is 11.9. The zero-order valence-electron chi connectivity index (χ0n) is 14.4. The van der Waals surface area contributed by atoms with Gasteiger partial charge in [-0.05, 0) is 44.6 Å². The minimum atomic E-state index is -0.451. The Kier molecular flexibility index (Phi) is 6.40. The number of nitrogens with zero attached hydrogens (tertiary/aromatic N) is 4. The van der Waals surface area contributed by atoms with E-state index in [9.17, 15) is 10.1 Å². The molecule has 0 spiro atoms. The SMILES string of the molecule is CCCNC(=S)N(Cc1nnc(-c2ccc([N+](=O)[O-])cc2)o1)C(C)C. The lowest BCUT2D eigenvalue weighted by molar-refractivity contribution is -0.384. The summed E-state index contributed by atoms with van der Waals surface area (Å²) >= 11 is 5.42. The third-order valence-corrected chi connectivity index (χ3v) is 3.89. The third kappa shape index (κ3) is 4.96. The van der Waals surface area contributed by atoms with Gasteiger partial charge in [0.1, 0.15) is 0 Å². The van der Waals surface area contributed by atoms with Crippen LogP contribution in [0.25, 0.3) is 11.5 Å². The highest BCUT2D eigenvalue weighted by atomic mass is 32.1. The summed E-state index contributed by atoms with van der Waals surface area (Å²) in [5.74, 6) is 0.753. The molecule has 0 bridgehead atoms. The zero-order chi connectivity index (χ0) is 18.4. The molecule has 8 nitrogen and oxygen atoms in total. The standard InChI is InChI=1S/C16H21N5O3S/c1-4-9-17-16(25)20(11(2)3)10-14-18-19-15(24-14)12-5-7-13(8-6-12)21(22)23/h5-8,11H,4,9-10H2,1-3H3,(H,17,25). The molecule has 0 unspecified atom stereocenters. The van der Waals surface area contributed by atoms with Crippen LogP contribution in [-0.4, -0.2) is 37.7 Å². The fourth-order valence-corrected chi connectivity index (χ4v) is 2.51. The Hall–Kier alpha value is -2.55. The molecule has 134 valence electrons. The number of rotatable bonds is 7. The Labute approximate surface area is 151 Å². The van der Waals surface area contributed by atoms with Crippen LogP contribution < -0.4 is 5.32 Å². The number of nitrogens with one attached hydrogen (secondary N) is 1. The van der Waals surface area contributed by atoms with Gasteiger partial charge >= 0.3 is 0 Å². The van der Waals surface area contributed by atoms with E-state index in [-0.39, 0.29) is 11.7 Å². The average molecular weight is 363 g/mol. The van der Waals surface area contributed by atoms with E-state index < -0.39 is 4.92 Å². The number of nitro benzene ring substituents is 1. The minimum absolute atomic E-state index is 0.0156. The maximum absolute atomic E-state index is 10.7. The first-order valence-electron chi connectivity index (χ1n) is 8.04. The van der Waals surface area contributed by atoms with Crippen LogP contribution in [0.3, 0.4) is 0 Å². The molecule has 0 aliphatic rings. The molecule has 2 aromatic rings. The molecule has 0 aliphatic heterocycles. The smallest absolute Gasteiger partial charge is 0.269 e. The molecule has 1 aromatic heterocycles. The summed E-state index contributed by atoms with van der Waals surface area (Å²) in [6, 6.07) is 6.16. The summed E-state index contributed by atoms with van der Waals surface area (Å²) in [5, 5.41) is 22.6. The molecule has 0 aliphatic carbocycles. The Balaban J connectivity index is 2.11. The minimum Gasteiger partial charge on any atom is -0.419 e. The molecule has 0 saturated heterocycles. The van der Waals surface area contributed by atoms with Crippen molar-refractivity contribution in [2.75, 3.05) is 6.54 Å². The van der Waals surface area contributed by atoms with Gasteiger partial charge in [0.25, 0.3) is 5.69 Å². The van der Waals surface area contributed by atoms with Gasteiger partial charge in [0.2, 0.25) is 11.8 Å². The molecule has 0 saturated carbocycles. The largest absolute Gasteiger partial charge is 0.419 e. The number of hydrogen-bond acceptors (Lipinski definition) is 6. The summed E-state index contributed by atoms with van der Waals surface area (Å²) in [6.45, 7) is 7.35. The van der Waals surface area contributed by atoms with Gasteiger partial charge in [-0.3, -0.25) is 10.1 Å². The van der Waals surface area contributed by atoms with Crippen LogP contribution in [0.5, 0.6) is 0 Å². The maximum Gasteiger partial charge on any atom is 0.269 e. The maximum atomic E-state index is 10.7. The van der Waals surface area contributed by atoms with Crippen molar-refractivity contribution in [2.45, 2.75) is 39.8 Å².